The standard InChI is InChI=1S/C10H18N2/c1-3-5-7-10-8-9(6-4-2)11-12-10/h8H,3-7H2,1-2H3,(H,11,12). The molecule has 0 radical (unpaired) electrons. The third kappa shape index (κ3) is 2.68. The van der Waals surface area contributed by atoms with E-state index in [1.165, 1.54) is 30.7 Å². The Morgan fingerprint density at radius 1 is 1.25 bits per heavy atom. The first-order valence-corrected chi connectivity index (χ1v) is 4.90. The molecule has 0 atom stereocenters. The maximum absolute atomic E-state index is 4.25. The van der Waals surface area contributed by atoms with Gasteiger partial charge in [0, 0.05) is 5.69 Å². The van der Waals surface area contributed by atoms with Crippen molar-refractivity contribution in [2.45, 2.75) is 46.0 Å². The molecule has 0 bridgehead atoms. The van der Waals surface area contributed by atoms with Crippen LogP contribution in [0, 0.1) is 0 Å². The monoisotopic (exact) mass is 166 g/mol. The molecule has 1 heterocycles. The summed E-state index contributed by atoms with van der Waals surface area (Å²) in [5.74, 6) is 0. The maximum Gasteiger partial charge on any atom is 0.0625 e. The molecule has 1 aromatic rings. The number of hydrogen-bond donors (Lipinski definition) is 1. The molecule has 0 aromatic carbocycles. The van der Waals surface area contributed by atoms with Crippen molar-refractivity contribution in [1.82, 2.24) is 10.2 Å². The summed E-state index contributed by atoms with van der Waals surface area (Å²) in [6, 6.07) is 2.19. The fourth-order valence-electron chi connectivity index (χ4n) is 1.29. The van der Waals surface area contributed by atoms with Crippen LogP contribution >= 0.6 is 0 Å². The Balaban J connectivity index is 2.41. The van der Waals surface area contributed by atoms with E-state index < -0.39 is 0 Å². The highest BCUT2D eigenvalue weighted by atomic mass is 15.1. The lowest BCUT2D eigenvalue weighted by atomic mass is 10.2. The van der Waals surface area contributed by atoms with Crippen molar-refractivity contribution < 1.29 is 0 Å². The van der Waals surface area contributed by atoms with E-state index in [4.69, 9.17) is 0 Å². The molecule has 0 spiro atoms. The van der Waals surface area contributed by atoms with Crippen LogP contribution in [0.15, 0.2) is 6.07 Å². The molecule has 0 aliphatic heterocycles. The van der Waals surface area contributed by atoms with Crippen LogP contribution < -0.4 is 0 Å². The van der Waals surface area contributed by atoms with Gasteiger partial charge in [-0.2, -0.15) is 5.10 Å². The number of nitrogens with zero attached hydrogens (tertiary/aromatic N) is 1. The lowest BCUT2D eigenvalue weighted by Crippen LogP contribution is -1.83. The number of aromatic amines is 1. The first-order chi connectivity index (χ1) is 5.86. The molecular formula is C10H18N2. The molecule has 0 amide bonds. The average molecular weight is 166 g/mol. The van der Waals surface area contributed by atoms with Gasteiger partial charge in [0.25, 0.3) is 0 Å². The fraction of sp³-hybridized carbons (Fsp3) is 0.700. The molecular weight excluding hydrogens is 148 g/mol. The average Bonchev–Trinajstić information content (AvgIpc) is 2.50. The summed E-state index contributed by atoms with van der Waals surface area (Å²) in [6.07, 6.45) is 5.93. The second-order valence-electron chi connectivity index (χ2n) is 3.24. The van der Waals surface area contributed by atoms with Gasteiger partial charge in [-0.15, -0.1) is 0 Å². The van der Waals surface area contributed by atoms with E-state index in [1.54, 1.807) is 0 Å². The van der Waals surface area contributed by atoms with Gasteiger partial charge >= 0.3 is 0 Å². The Morgan fingerprint density at radius 2 is 2.08 bits per heavy atom. The van der Waals surface area contributed by atoms with Gasteiger partial charge in [0.1, 0.15) is 0 Å². The molecule has 0 fully saturated rings. The van der Waals surface area contributed by atoms with Gasteiger partial charge in [0.15, 0.2) is 0 Å². The van der Waals surface area contributed by atoms with Gasteiger partial charge in [0.2, 0.25) is 0 Å². The maximum atomic E-state index is 4.25. The number of aromatic nitrogens is 2. The van der Waals surface area contributed by atoms with Crippen molar-refractivity contribution >= 4 is 0 Å². The molecule has 0 saturated heterocycles. The van der Waals surface area contributed by atoms with Gasteiger partial charge in [-0.25, -0.2) is 0 Å². The molecule has 68 valence electrons. The molecule has 1 N–H and O–H groups in total. The van der Waals surface area contributed by atoms with Crippen LogP contribution in [0.5, 0.6) is 0 Å². The Kier molecular flexibility index (Phi) is 3.85. The van der Waals surface area contributed by atoms with Gasteiger partial charge in [-0.3, -0.25) is 5.10 Å². The Bertz CT molecular complexity index is 215. The number of hydrogen-bond acceptors (Lipinski definition) is 1. The summed E-state index contributed by atoms with van der Waals surface area (Å²) in [7, 11) is 0. The number of rotatable bonds is 5. The van der Waals surface area contributed by atoms with Crippen LogP contribution in [0.2, 0.25) is 0 Å². The molecule has 2 nitrogen and oxygen atoms in total. The summed E-state index contributed by atoms with van der Waals surface area (Å²) in [5, 5.41) is 7.31. The predicted molar refractivity (Wildman–Crippen MR) is 51.2 cm³/mol. The third-order valence-corrected chi connectivity index (χ3v) is 1.99. The summed E-state index contributed by atoms with van der Waals surface area (Å²) in [5.41, 5.74) is 2.50. The zero-order valence-electron chi connectivity index (χ0n) is 8.06. The van der Waals surface area contributed by atoms with Crippen molar-refractivity contribution in [1.29, 1.82) is 0 Å². The van der Waals surface area contributed by atoms with Gasteiger partial charge in [-0.1, -0.05) is 26.7 Å². The van der Waals surface area contributed by atoms with Crippen LogP contribution in [0.1, 0.15) is 44.5 Å². The van der Waals surface area contributed by atoms with E-state index in [1.807, 2.05) is 0 Å². The van der Waals surface area contributed by atoms with E-state index in [0.717, 1.165) is 12.8 Å². The highest BCUT2D eigenvalue weighted by Gasteiger charge is 1.98. The predicted octanol–water partition coefficient (Wildman–Crippen LogP) is 2.70. The van der Waals surface area contributed by atoms with Crippen molar-refractivity contribution in [2.24, 2.45) is 0 Å². The van der Waals surface area contributed by atoms with Crippen molar-refractivity contribution in [3.63, 3.8) is 0 Å². The zero-order valence-corrected chi connectivity index (χ0v) is 8.06. The van der Waals surface area contributed by atoms with E-state index in [-0.39, 0.29) is 0 Å². The molecule has 12 heavy (non-hydrogen) atoms. The summed E-state index contributed by atoms with van der Waals surface area (Å²) in [4.78, 5) is 0. The van der Waals surface area contributed by atoms with E-state index in [2.05, 4.69) is 30.1 Å². The van der Waals surface area contributed by atoms with Crippen LogP contribution in [-0.2, 0) is 12.8 Å². The Morgan fingerprint density at radius 3 is 2.75 bits per heavy atom. The van der Waals surface area contributed by atoms with Gasteiger partial charge in [-0.05, 0) is 25.3 Å². The smallest absolute Gasteiger partial charge is 0.0625 e. The van der Waals surface area contributed by atoms with Gasteiger partial charge in [0.05, 0.1) is 5.69 Å². The number of unbranched alkanes of at least 4 members (excludes halogenated alkanes) is 1. The molecule has 2 heteroatoms. The second kappa shape index (κ2) is 4.96. The Labute approximate surface area is 74.4 Å². The first-order valence-electron chi connectivity index (χ1n) is 4.90. The SMILES string of the molecule is CCCCc1cc(CCC)[nH]n1. The van der Waals surface area contributed by atoms with Crippen molar-refractivity contribution in [2.75, 3.05) is 0 Å². The zero-order chi connectivity index (χ0) is 8.81. The Hall–Kier alpha value is -0.790. The molecule has 0 saturated carbocycles. The molecule has 0 aliphatic rings. The minimum absolute atomic E-state index is 1.12. The third-order valence-electron chi connectivity index (χ3n) is 1.99. The van der Waals surface area contributed by atoms with Crippen LogP contribution in [-0.4, -0.2) is 10.2 Å². The second-order valence-corrected chi connectivity index (χ2v) is 3.24. The first kappa shape index (κ1) is 9.30. The van der Waals surface area contributed by atoms with Gasteiger partial charge < -0.3 is 0 Å². The van der Waals surface area contributed by atoms with Crippen LogP contribution in [0.3, 0.4) is 0 Å². The van der Waals surface area contributed by atoms with E-state index in [0.29, 0.717) is 0 Å². The summed E-state index contributed by atoms with van der Waals surface area (Å²) in [6.45, 7) is 4.40. The number of H-pyrrole nitrogens is 1. The molecule has 0 unspecified atom stereocenters. The lowest BCUT2D eigenvalue weighted by molar-refractivity contribution is 0.770. The molecule has 0 aliphatic carbocycles. The normalized spacial score (nSPS) is 10.5. The summed E-state index contributed by atoms with van der Waals surface area (Å²) >= 11 is 0. The quantitative estimate of drug-likeness (QED) is 0.715. The minimum Gasteiger partial charge on any atom is -0.282 e. The molecule has 1 aromatic heterocycles. The van der Waals surface area contributed by atoms with E-state index >= 15 is 0 Å². The number of nitrogens with one attached hydrogen (secondary N) is 1. The summed E-state index contributed by atoms with van der Waals surface area (Å²) < 4.78 is 0. The largest absolute Gasteiger partial charge is 0.282 e. The van der Waals surface area contributed by atoms with Crippen LogP contribution in [0.4, 0.5) is 0 Å². The topological polar surface area (TPSA) is 28.7 Å². The van der Waals surface area contributed by atoms with Crippen molar-refractivity contribution in [3.05, 3.63) is 17.5 Å². The minimum atomic E-state index is 1.12. The fourth-order valence-corrected chi connectivity index (χ4v) is 1.29. The van der Waals surface area contributed by atoms with E-state index in [9.17, 15) is 0 Å². The lowest BCUT2D eigenvalue weighted by Gasteiger charge is -1.90. The van der Waals surface area contributed by atoms with Crippen molar-refractivity contribution in [3.8, 4) is 0 Å². The molecule has 1 rings (SSSR count). The highest BCUT2D eigenvalue weighted by molar-refractivity contribution is 5.08. The van der Waals surface area contributed by atoms with Crippen LogP contribution in [0.25, 0.3) is 0 Å². The highest BCUT2D eigenvalue weighted by Crippen LogP contribution is 2.05. The number of aryl methyl sites for hydroxylation is 2.